The van der Waals surface area contributed by atoms with E-state index in [1.54, 1.807) is 30.3 Å². The number of likely N-dealkylation sites (N-methyl/N-ethyl adjacent to an activating group) is 1. The van der Waals surface area contributed by atoms with Gasteiger partial charge < -0.3 is 24.8 Å². The molecule has 0 radical (unpaired) electrons. The zero-order valence-electron chi connectivity index (χ0n) is 23.1. The van der Waals surface area contributed by atoms with E-state index in [4.69, 9.17) is 25.8 Å². The first-order valence-corrected chi connectivity index (χ1v) is 13.4. The Morgan fingerprint density at radius 2 is 1.86 bits per heavy atom. The van der Waals surface area contributed by atoms with Crippen molar-refractivity contribution in [3.8, 4) is 23.0 Å². The van der Waals surface area contributed by atoms with Crippen LogP contribution in [0.15, 0.2) is 66.8 Å². The Balaban J connectivity index is 1.44. The number of aromatic nitrogens is 2. The lowest BCUT2D eigenvalue weighted by molar-refractivity contribution is -0.114. The maximum atomic E-state index is 14.8. The van der Waals surface area contributed by atoms with Gasteiger partial charge in [-0.25, -0.2) is 18.7 Å². The fourth-order valence-corrected chi connectivity index (χ4v) is 4.89. The third-order valence-electron chi connectivity index (χ3n) is 6.87. The van der Waals surface area contributed by atoms with Crippen LogP contribution in [0.4, 0.5) is 26.0 Å². The summed E-state index contributed by atoms with van der Waals surface area (Å²) in [6.07, 6.45) is 4.43. The van der Waals surface area contributed by atoms with Crippen molar-refractivity contribution < 1.29 is 27.8 Å². The molecule has 2 N–H and O–H groups in total. The Labute approximate surface area is 246 Å². The van der Waals surface area contributed by atoms with E-state index in [2.05, 4.69) is 20.6 Å². The number of carbonyl (C=O) groups is 1. The summed E-state index contributed by atoms with van der Waals surface area (Å²) >= 11 is 6.50. The second kappa shape index (κ2) is 12.6. The average molecular weight is 596 g/mol. The van der Waals surface area contributed by atoms with Gasteiger partial charge in [-0.15, -0.1) is 0 Å². The zero-order chi connectivity index (χ0) is 29.8. The fourth-order valence-electron chi connectivity index (χ4n) is 4.69. The summed E-state index contributed by atoms with van der Waals surface area (Å²) in [6.45, 7) is 0.850. The summed E-state index contributed by atoms with van der Waals surface area (Å²) in [5.74, 6) is -0.668. The number of methoxy groups -OCH3 is 2. The zero-order valence-corrected chi connectivity index (χ0v) is 23.8. The van der Waals surface area contributed by atoms with Crippen LogP contribution in [0.5, 0.6) is 23.0 Å². The molecule has 1 amide bonds. The molecule has 1 atom stereocenters. The molecule has 1 aromatic heterocycles. The molecule has 5 rings (SSSR count). The average Bonchev–Trinajstić information content (AvgIpc) is 3.38. The molecule has 1 fully saturated rings. The minimum atomic E-state index is -0.887. The van der Waals surface area contributed by atoms with Crippen LogP contribution in [0, 0.1) is 5.82 Å². The number of ether oxygens (including phenoxy) is 3. The Morgan fingerprint density at radius 1 is 1.07 bits per heavy atom. The van der Waals surface area contributed by atoms with E-state index in [1.807, 2.05) is 11.9 Å². The van der Waals surface area contributed by atoms with Gasteiger partial charge in [-0.3, -0.25) is 9.69 Å². The third-order valence-corrected chi connectivity index (χ3v) is 7.16. The summed E-state index contributed by atoms with van der Waals surface area (Å²) in [5.41, 5.74) is 1.19. The number of nitrogens with one attached hydrogen (secondary N) is 2. The second-order valence-electron chi connectivity index (χ2n) is 9.62. The van der Waals surface area contributed by atoms with Gasteiger partial charge in [0.1, 0.15) is 41.0 Å². The van der Waals surface area contributed by atoms with Crippen LogP contribution < -0.4 is 24.8 Å². The van der Waals surface area contributed by atoms with E-state index < -0.39 is 17.6 Å². The minimum absolute atomic E-state index is 0.133. The standard InChI is InChI=1S/C30H28ClF2N5O4/c1-38-9-5-7-18(38)11-22(33)30(39)37-24-12-20-23(14-27(24)40-2)34-16-35-29(20)36-25-13-21(31)26(15-28(25)41-3)42-19-8-4-6-17(32)10-19/h4,6,8,10-16,18H,5,7,9H2,1-3H3,(H,37,39)(H,34,35,36). The molecule has 12 heteroatoms. The topological polar surface area (TPSA) is 97.8 Å². The van der Waals surface area contributed by atoms with Gasteiger partial charge in [0.05, 0.1) is 36.1 Å². The molecule has 4 aromatic rings. The van der Waals surface area contributed by atoms with Crippen LogP contribution in [-0.2, 0) is 4.79 Å². The van der Waals surface area contributed by atoms with E-state index in [-0.39, 0.29) is 28.3 Å². The SMILES string of the molecule is COc1cc2ncnc(Nc3cc(Cl)c(Oc4cccc(F)c4)cc3OC)c2cc1NC(=O)C(F)=CC1CCCN1C. The lowest BCUT2D eigenvalue weighted by Gasteiger charge is -2.17. The first kappa shape index (κ1) is 29.0. The number of nitrogens with zero attached hydrogens (tertiary/aromatic N) is 3. The van der Waals surface area contributed by atoms with Crippen LogP contribution in [0.2, 0.25) is 5.02 Å². The van der Waals surface area contributed by atoms with Gasteiger partial charge in [0.15, 0.2) is 5.83 Å². The van der Waals surface area contributed by atoms with Gasteiger partial charge in [0.2, 0.25) is 0 Å². The molecule has 1 aliphatic rings. The van der Waals surface area contributed by atoms with Crippen LogP contribution in [0.25, 0.3) is 10.9 Å². The number of rotatable bonds is 9. The van der Waals surface area contributed by atoms with Gasteiger partial charge in [-0.1, -0.05) is 17.7 Å². The van der Waals surface area contributed by atoms with Crippen molar-refractivity contribution in [3.63, 3.8) is 0 Å². The molecule has 1 saturated heterocycles. The van der Waals surface area contributed by atoms with E-state index in [0.29, 0.717) is 33.9 Å². The predicted molar refractivity (Wildman–Crippen MR) is 157 cm³/mol. The first-order chi connectivity index (χ1) is 20.2. The highest BCUT2D eigenvalue weighted by Crippen LogP contribution is 2.41. The summed E-state index contributed by atoms with van der Waals surface area (Å²) in [4.78, 5) is 23.4. The maximum absolute atomic E-state index is 14.8. The number of likely N-dealkylation sites (tertiary alicyclic amines) is 1. The molecule has 218 valence electrons. The van der Waals surface area contributed by atoms with Gasteiger partial charge in [-0.2, -0.15) is 0 Å². The number of hydrogen-bond acceptors (Lipinski definition) is 8. The molecule has 0 aliphatic carbocycles. The number of benzene rings is 3. The van der Waals surface area contributed by atoms with E-state index in [0.717, 1.165) is 19.4 Å². The molecule has 9 nitrogen and oxygen atoms in total. The highest BCUT2D eigenvalue weighted by Gasteiger charge is 2.22. The number of fused-ring (bicyclic) bond motifs is 1. The molecule has 1 unspecified atom stereocenters. The summed E-state index contributed by atoms with van der Waals surface area (Å²) in [5, 5.41) is 6.52. The maximum Gasteiger partial charge on any atom is 0.284 e. The molecule has 0 bridgehead atoms. The van der Waals surface area contributed by atoms with Gasteiger partial charge >= 0.3 is 0 Å². The molecular formula is C30H28ClF2N5O4. The van der Waals surface area contributed by atoms with Gasteiger partial charge in [0, 0.05) is 29.6 Å². The van der Waals surface area contributed by atoms with Crippen LogP contribution in [0.1, 0.15) is 12.8 Å². The second-order valence-corrected chi connectivity index (χ2v) is 10.0. The summed E-state index contributed by atoms with van der Waals surface area (Å²) < 4.78 is 45.2. The normalized spacial score (nSPS) is 15.5. The minimum Gasteiger partial charge on any atom is -0.494 e. The number of halogens is 3. The van der Waals surface area contributed by atoms with Crippen molar-refractivity contribution in [1.82, 2.24) is 14.9 Å². The third kappa shape index (κ3) is 6.37. The Kier molecular flexibility index (Phi) is 8.69. The fraction of sp³-hybridized carbons (Fsp3) is 0.233. The molecule has 42 heavy (non-hydrogen) atoms. The van der Waals surface area contributed by atoms with E-state index in [1.165, 1.54) is 44.8 Å². The molecule has 0 spiro atoms. The summed E-state index contributed by atoms with van der Waals surface area (Å²) in [6, 6.07) is 11.9. The Morgan fingerprint density at radius 3 is 2.57 bits per heavy atom. The van der Waals surface area contributed by atoms with Crippen molar-refractivity contribution in [2.24, 2.45) is 0 Å². The van der Waals surface area contributed by atoms with Gasteiger partial charge in [-0.05, 0) is 56.8 Å². The molecule has 1 aliphatic heterocycles. The van der Waals surface area contributed by atoms with Crippen molar-refractivity contribution in [3.05, 3.63) is 77.6 Å². The largest absolute Gasteiger partial charge is 0.494 e. The van der Waals surface area contributed by atoms with Crippen molar-refractivity contribution >= 4 is 45.6 Å². The lowest BCUT2D eigenvalue weighted by atomic mass is 10.1. The highest BCUT2D eigenvalue weighted by molar-refractivity contribution is 6.32. The number of anilines is 3. The van der Waals surface area contributed by atoms with Crippen molar-refractivity contribution in [1.29, 1.82) is 0 Å². The number of amides is 1. The molecule has 3 aromatic carbocycles. The van der Waals surface area contributed by atoms with Crippen molar-refractivity contribution in [2.45, 2.75) is 18.9 Å². The summed E-state index contributed by atoms with van der Waals surface area (Å²) in [7, 11) is 4.81. The predicted octanol–water partition coefficient (Wildman–Crippen LogP) is 6.86. The number of hydrogen-bond donors (Lipinski definition) is 2. The monoisotopic (exact) mass is 595 g/mol. The first-order valence-electron chi connectivity index (χ1n) is 13.1. The van der Waals surface area contributed by atoms with Gasteiger partial charge in [0.25, 0.3) is 5.91 Å². The lowest BCUT2D eigenvalue weighted by Crippen LogP contribution is -2.24. The number of carbonyl (C=O) groups excluding carboxylic acids is 1. The van der Waals surface area contributed by atoms with Crippen LogP contribution >= 0.6 is 11.6 Å². The van der Waals surface area contributed by atoms with Crippen LogP contribution in [0.3, 0.4) is 0 Å². The molecule has 0 saturated carbocycles. The smallest absolute Gasteiger partial charge is 0.284 e. The Hall–Kier alpha value is -4.48. The highest BCUT2D eigenvalue weighted by atomic mass is 35.5. The molecular weight excluding hydrogens is 568 g/mol. The van der Waals surface area contributed by atoms with Crippen LogP contribution in [-0.4, -0.2) is 54.6 Å². The van der Waals surface area contributed by atoms with Crippen molar-refractivity contribution in [2.75, 3.05) is 38.4 Å². The van der Waals surface area contributed by atoms with E-state index >= 15 is 0 Å². The Bertz CT molecular complexity index is 1670. The van der Waals surface area contributed by atoms with E-state index in [9.17, 15) is 13.6 Å². The quantitative estimate of drug-likeness (QED) is 0.203. The molecule has 2 heterocycles.